The molecule has 1 aliphatic rings. The van der Waals surface area contributed by atoms with Gasteiger partial charge in [-0.1, -0.05) is 20.8 Å². The molecule has 0 saturated carbocycles. The quantitative estimate of drug-likeness (QED) is 0.901. The van der Waals surface area contributed by atoms with Crippen molar-refractivity contribution in [3.63, 3.8) is 0 Å². The standard InChI is InChI=1S/C16H27N3O/c1-16(2,3)12-6-5-10-19(11-9-12)14-8-7-13(17)15(18-14)20-4/h7-8,12H,5-6,9-11,17H2,1-4H3. The van der Waals surface area contributed by atoms with Gasteiger partial charge < -0.3 is 15.4 Å². The summed E-state index contributed by atoms with van der Waals surface area (Å²) in [6.45, 7) is 9.15. The molecule has 0 aromatic carbocycles. The van der Waals surface area contributed by atoms with Gasteiger partial charge in [-0.05, 0) is 42.7 Å². The van der Waals surface area contributed by atoms with Crippen molar-refractivity contribution in [2.75, 3.05) is 30.8 Å². The van der Waals surface area contributed by atoms with Crippen molar-refractivity contribution in [1.29, 1.82) is 0 Å². The van der Waals surface area contributed by atoms with E-state index in [-0.39, 0.29) is 0 Å². The molecule has 112 valence electrons. The van der Waals surface area contributed by atoms with E-state index in [1.165, 1.54) is 19.3 Å². The molecule has 1 atom stereocenters. The van der Waals surface area contributed by atoms with Crippen LogP contribution in [0.2, 0.25) is 0 Å². The van der Waals surface area contributed by atoms with E-state index in [1.54, 1.807) is 7.11 Å². The average molecular weight is 277 g/mol. The summed E-state index contributed by atoms with van der Waals surface area (Å²) in [6, 6.07) is 3.88. The van der Waals surface area contributed by atoms with Crippen LogP contribution in [-0.4, -0.2) is 25.2 Å². The second kappa shape index (κ2) is 5.90. The van der Waals surface area contributed by atoms with Gasteiger partial charge in [0.2, 0.25) is 5.88 Å². The molecular formula is C16H27N3O. The van der Waals surface area contributed by atoms with Gasteiger partial charge in [0.25, 0.3) is 0 Å². The van der Waals surface area contributed by atoms with Crippen LogP contribution in [0.1, 0.15) is 40.0 Å². The Labute approximate surface area is 122 Å². The molecular weight excluding hydrogens is 250 g/mol. The van der Waals surface area contributed by atoms with Crippen molar-refractivity contribution < 1.29 is 4.74 Å². The van der Waals surface area contributed by atoms with Gasteiger partial charge in [-0.15, -0.1) is 0 Å². The van der Waals surface area contributed by atoms with Gasteiger partial charge >= 0.3 is 0 Å². The molecule has 1 aromatic rings. The van der Waals surface area contributed by atoms with Crippen LogP contribution in [0.4, 0.5) is 11.5 Å². The average Bonchev–Trinajstić information content (AvgIpc) is 2.64. The smallest absolute Gasteiger partial charge is 0.238 e. The Bertz CT molecular complexity index is 454. The summed E-state index contributed by atoms with van der Waals surface area (Å²) in [5.41, 5.74) is 6.82. The van der Waals surface area contributed by atoms with Gasteiger partial charge in [-0.3, -0.25) is 0 Å². The van der Waals surface area contributed by atoms with Gasteiger partial charge in [-0.2, -0.15) is 4.98 Å². The third-order valence-electron chi connectivity index (χ3n) is 4.35. The number of rotatable bonds is 2. The summed E-state index contributed by atoms with van der Waals surface area (Å²) < 4.78 is 5.22. The van der Waals surface area contributed by atoms with E-state index < -0.39 is 0 Å². The lowest BCUT2D eigenvalue weighted by molar-refractivity contribution is 0.220. The molecule has 0 aliphatic carbocycles. The molecule has 1 aromatic heterocycles. The first-order valence-electron chi connectivity index (χ1n) is 7.47. The Morgan fingerprint density at radius 3 is 2.65 bits per heavy atom. The van der Waals surface area contributed by atoms with Crippen LogP contribution in [0.15, 0.2) is 12.1 Å². The molecule has 1 aliphatic heterocycles. The van der Waals surface area contributed by atoms with E-state index >= 15 is 0 Å². The molecule has 0 bridgehead atoms. The lowest BCUT2D eigenvalue weighted by atomic mass is 9.77. The number of hydrogen-bond acceptors (Lipinski definition) is 4. The molecule has 0 radical (unpaired) electrons. The Hall–Kier alpha value is -1.45. The summed E-state index contributed by atoms with van der Waals surface area (Å²) in [5.74, 6) is 2.29. The first-order chi connectivity index (χ1) is 9.41. The van der Waals surface area contributed by atoms with E-state index in [0.717, 1.165) is 24.8 Å². The summed E-state index contributed by atoms with van der Waals surface area (Å²) in [4.78, 5) is 6.88. The van der Waals surface area contributed by atoms with E-state index in [1.807, 2.05) is 12.1 Å². The molecule has 2 N–H and O–H groups in total. The van der Waals surface area contributed by atoms with Gasteiger partial charge in [0.15, 0.2) is 0 Å². The zero-order chi connectivity index (χ0) is 14.8. The SMILES string of the molecule is COc1nc(N2CCCC(C(C)(C)C)CC2)ccc1N. The number of hydrogen-bond donors (Lipinski definition) is 1. The summed E-state index contributed by atoms with van der Waals surface area (Å²) in [6.07, 6.45) is 3.74. The molecule has 1 saturated heterocycles. The minimum Gasteiger partial charge on any atom is -0.479 e. The minimum absolute atomic E-state index is 0.391. The van der Waals surface area contributed by atoms with Crippen LogP contribution in [-0.2, 0) is 0 Å². The maximum Gasteiger partial charge on any atom is 0.238 e. The second-order valence-corrected chi connectivity index (χ2v) is 6.75. The van der Waals surface area contributed by atoms with Crippen molar-refractivity contribution in [3.8, 4) is 5.88 Å². The van der Waals surface area contributed by atoms with Crippen molar-refractivity contribution in [1.82, 2.24) is 4.98 Å². The summed E-state index contributed by atoms with van der Waals surface area (Å²) >= 11 is 0. The highest BCUT2D eigenvalue weighted by molar-refractivity contribution is 5.54. The van der Waals surface area contributed by atoms with Gasteiger partial charge in [-0.25, -0.2) is 0 Å². The van der Waals surface area contributed by atoms with Gasteiger partial charge in [0.1, 0.15) is 5.82 Å². The van der Waals surface area contributed by atoms with Crippen LogP contribution in [0.25, 0.3) is 0 Å². The predicted octanol–water partition coefficient (Wildman–Crippen LogP) is 3.33. The number of nitrogens with zero attached hydrogens (tertiary/aromatic N) is 2. The van der Waals surface area contributed by atoms with Crippen molar-refractivity contribution >= 4 is 11.5 Å². The highest BCUT2D eigenvalue weighted by Gasteiger charge is 2.27. The van der Waals surface area contributed by atoms with Crippen LogP contribution in [0, 0.1) is 11.3 Å². The molecule has 0 spiro atoms. The third-order valence-corrected chi connectivity index (χ3v) is 4.35. The number of ether oxygens (including phenoxy) is 1. The number of nitrogens with two attached hydrogens (primary N) is 1. The summed E-state index contributed by atoms with van der Waals surface area (Å²) in [5, 5.41) is 0. The molecule has 1 unspecified atom stereocenters. The lowest BCUT2D eigenvalue weighted by Crippen LogP contribution is -2.26. The van der Waals surface area contributed by atoms with Crippen molar-refractivity contribution in [3.05, 3.63) is 12.1 Å². The van der Waals surface area contributed by atoms with E-state index in [2.05, 4.69) is 30.7 Å². The molecule has 2 rings (SSSR count). The number of methoxy groups -OCH3 is 1. The van der Waals surface area contributed by atoms with Gasteiger partial charge in [0, 0.05) is 13.1 Å². The van der Waals surface area contributed by atoms with E-state index in [0.29, 0.717) is 17.0 Å². The number of pyridine rings is 1. The van der Waals surface area contributed by atoms with E-state index in [9.17, 15) is 0 Å². The Kier molecular flexibility index (Phi) is 4.41. The Morgan fingerprint density at radius 2 is 2.00 bits per heavy atom. The monoisotopic (exact) mass is 277 g/mol. The van der Waals surface area contributed by atoms with Crippen LogP contribution >= 0.6 is 0 Å². The maximum absolute atomic E-state index is 5.83. The topological polar surface area (TPSA) is 51.4 Å². The van der Waals surface area contributed by atoms with Crippen LogP contribution < -0.4 is 15.4 Å². The first kappa shape index (κ1) is 14.9. The first-order valence-corrected chi connectivity index (χ1v) is 7.47. The highest BCUT2D eigenvalue weighted by atomic mass is 16.5. The largest absolute Gasteiger partial charge is 0.479 e. The fourth-order valence-corrected chi connectivity index (χ4v) is 2.97. The fraction of sp³-hybridized carbons (Fsp3) is 0.688. The molecule has 4 heteroatoms. The molecule has 1 fully saturated rings. The number of nitrogen functional groups attached to an aromatic ring is 1. The third kappa shape index (κ3) is 3.35. The highest BCUT2D eigenvalue weighted by Crippen LogP contribution is 2.35. The predicted molar refractivity (Wildman–Crippen MR) is 84.2 cm³/mol. The Morgan fingerprint density at radius 1 is 1.25 bits per heavy atom. The number of aromatic nitrogens is 1. The second-order valence-electron chi connectivity index (χ2n) is 6.75. The Balaban J connectivity index is 2.11. The normalized spacial score (nSPS) is 20.6. The minimum atomic E-state index is 0.391. The zero-order valence-electron chi connectivity index (χ0n) is 13.1. The molecule has 20 heavy (non-hydrogen) atoms. The maximum atomic E-state index is 5.83. The van der Waals surface area contributed by atoms with Crippen molar-refractivity contribution in [2.45, 2.75) is 40.0 Å². The zero-order valence-corrected chi connectivity index (χ0v) is 13.1. The summed E-state index contributed by atoms with van der Waals surface area (Å²) in [7, 11) is 1.61. The van der Waals surface area contributed by atoms with Crippen LogP contribution in [0.5, 0.6) is 5.88 Å². The van der Waals surface area contributed by atoms with Crippen LogP contribution in [0.3, 0.4) is 0 Å². The molecule has 4 nitrogen and oxygen atoms in total. The number of anilines is 2. The lowest BCUT2D eigenvalue weighted by Gasteiger charge is -2.30. The molecule has 2 heterocycles. The van der Waals surface area contributed by atoms with Gasteiger partial charge in [0.05, 0.1) is 12.8 Å². The fourth-order valence-electron chi connectivity index (χ4n) is 2.97. The van der Waals surface area contributed by atoms with E-state index in [4.69, 9.17) is 10.5 Å². The van der Waals surface area contributed by atoms with Crippen molar-refractivity contribution in [2.24, 2.45) is 11.3 Å². The molecule has 0 amide bonds.